The van der Waals surface area contributed by atoms with Crippen LogP contribution >= 0.6 is 0 Å². The van der Waals surface area contributed by atoms with Crippen LogP contribution in [0.4, 0.5) is 11.5 Å². The largest absolute Gasteiger partial charge is 0.354 e. The Morgan fingerprint density at radius 3 is 2.75 bits per heavy atom. The summed E-state index contributed by atoms with van der Waals surface area (Å²) in [6.45, 7) is 4.60. The highest BCUT2D eigenvalue weighted by atomic mass is 16.6. The van der Waals surface area contributed by atoms with E-state index in [0.29, 0.717) is 18.9 Å². The molecule has 20 heavy (non-hydrogen) atoms. The van der Waals surface area contributed by atoms with Crippen LogP contribution in [0.5, 0.6) is 0 Å². The second-order valence-corrected chi connectivity index (χ2v) is 5.02. The van der Waals surface area contributed by atoms with E-state index in [1.165, 1.54) is 12.3 Å². The minimum absolute atomic E-state index is 0.0139. The van der Waals surface area contributed by atoms with Crippen molar-refractivity contribution in [1.29, 1.82) is 5.26 Å². The summed E-state index contributed by atoms with van der Waals surface area (Å²) in [6, 6.07) is 3.19. The van der Waals surface area contributed by atoms with Gasteiger partial charge < -0.3 is 10.6 Å². The summed E-state index contributed by atoms with van der Waals surface area (Å²) in [5.41, 5.74) is 5.72. The van der Waals surface area contributed by atoms with Gasteiger partial charge in [0, 0.05) is 25.8 Å². The van der Waals surface area contributed by atoms with Gasteiger partial charge in [-0.05, 0) is 18.4 Å². The lowest BCUT2D eigenvalue weighted by molar-refractivity contribution is -0.384. The van der Waals surface area contributed by atoms with Crippen molar-refractivity contribution in [3.05, 3.63) is 27.9 Å². The van der Waals surface area contributed by atoms with Crippen LogP contribution in [0.1, 0.15) is 25.8 Å². The molecular formula is C13H19N5O2. The van der Waals surface area contributed by atoms with Crippen molar-refractivity contribution in [2.75, 3.05) is 18.5 Å². The van der Waals surface area contributed by atoms with Crippen LogP contribution in [0.2, 0.25) is 0 Å². The summed E-state index contributed by atoms with van der Waals surface area (Å²) in [5, 5.41) is 20.1. The zero-order valence-electron chi connectivity index (χ0n) is 11.9. The lowest BCUT2D eigenvalue weighted by Crippen LogP contribution is -2.32. The fourth-order valence-electron chi connectivity index (χ4n) is 1.77. The Kier molecular flexibility index (Phi) is 5.41. The third-order valence-electron chi connectivity index (χ3n) is 3.22. The molecule has 1 rings (SSSR count). The normalized spacial score (nSPS) is 12.0. The highest BCUT2D eigenvalue weighted by Gasteiger charge is 2.24. The van der Waals surface area contributed by atoms with Crippen molar-refractivity contribution in [1.82, 2.24) is 4.98 Å². The molecule has 0 spiro atoms. The van der Waals surface area contributed by atoms with Gasteiger partial charge in [-0.2, -0.15) is 5.26 Å². The lowest BCUT2D eigenvalue weighted by atomic mass is 10.0. The number of anilines is 1. The van der Waals surface area contributed by atoms with E-state index in [9.17, 15) is 10.1 Å². The van der Waals surface area contributed by atoms with Crippen LogP contribution in [0.3, 0.4) is 0 Å². The van der Waals surface area contributed by atoms with E-state index in [1.54, 1.807) is 11.9 Å². The number of hydrogen-bond acceptors (Lipinski definition) is 6. The zero-order chi connectivity index (χ0) is 15.3. The summed E-state index contributed by atoms with van der Waals surface area (Å²) in [4.78, 5) is 16.2. The molecule has 0 amide bonds. The summed E-state index contributed by atoms with van der Waals surface area (Å²) in [7, 11) is 1.71. The molecule has 0 bridgehead atoms. The van der Waals surface area contributed by atoms with E-state index < -0.39 is 4.92 Å². The Labute approximate surface area is 118 Å². The first-order valence-corrected chi connectivity index (χ1v) is 6.38. The molecule has 1 heterocycles. The molecule has 0 aliphatic carbocycles. The second kappa shape index (κ2) is 6.82. The standard InChI is InChI=1S/C13H19N5O2/c1-9(2)11(15)5-7-17(3)13-12(18(19)20)10(8-14)4-6-16-13/h4,6,9,11H,5,7,15H2,1-3H3. The molecule has 1 atom stereocenters. The van der Waals surface area contributed by atoms with Crippen LogP contribution in [-0.2, 0) is 0 Å². The van der Waals surface area contributed by atoms with Crippen LogP contribution in [-0.4, -0.2) is 29.5 Å². The molecular weight excluding hydrogens is 258 g/mol. The average Bonchev–Trinajstić information content (AvgIpc) is 2.42. The van der Waals surface area contributed by atoms with Crippen LogP contribution in [0.25, 0.3) is 0 Å². The number of nitro groups is 1. The monoisotopic (exact) mass is 277 g/mol. The van der Waals surface area contributed by atoms with Gasteiger partial charge in [0.2, 0.25) is 5.82 Å². The fraction of sp³-hybridized carbons (Fsp3) is 0.538. The summed E-state index contributed by atoms with van der Waals surface area (Å²) in [5.74, 6) is 0.543. The molecule has 108 valence electrons. The number of nitrogens with zero attached hydrogens (tertiary/aromatic N) is 4. The molecule has 2 N–H and O–H groups in total. The van der Waals surface area contributed by atoms with E-state index in [0.717, 1.165) is 0 Å². The van der Waals surface area contributed by atoms with Crippen molar-refractivity contribution in [2.45, 2.75) is 26.3 Å². The number of pyridine rings is 1. The molecule has 0 fully saturated rings. The van der Waals surface area contributed by atoms with Gasteiger partial charge in [-0.15, -0.1) is 0 Å². The molecule has 0 saturated carbocycles. The van der Waals surface area contributed by atoms with Gasteiger partial charge in [-0.25, -0.2) is 4.98 Å². The Hall–Kier alpha value is -2.20. The third kappa shape index (κ3) is 3.65. The number of hydrogen-bond donors (Lipinski definition) is 1. The quantitative estimate of drug-likeness (QED) is 0.625. The Morgan fingerprint density at radius 1 is 1.60 bits per heavy atom. The van der Waals surface area contributed by atoms with Gasteiger partial charge in [0.1, 0.15) is 11.6 Å². The minimum Gasteiger partial charge on any atom is -0.354 e. The van der Waals surface area contributed by atoms with Gasteiger partial charge in [0.15, 0.2) is 0 Å². The van der Waals surface area contributed by atoms with Crippen LogP contribution in [0, 0.1) is 27.4 Å². The zero-order valence-corrected chi connectivity index (χ0v) is 11.9. The van der Waals surface area contributed by atoms with Crippen molar-refractivity contribution >= 4 is 11.5 Å². The molecule has 0 radical (unpaired) electrons. The predicted molar refractivity (Wildman–Crippen MR) is 76.3 cm³/mol. The van der Waals surface area contributed by atoms with E-state index in [4.69, 9.17) is 11.0 Å². The predicted octanol–water partition coefficient (Wildman–Crippen LogP) is 1.67. The maximum absolute atomic E-state index is 11.1. The average molecular weight is 277 g/mol. The van der Waals surface area contributed by atoms with E-state index in [1.807, 2.05) is 19.9 Å². The maximum Gasteiger partial charge on any atom is 0.329 e. The molecule has 0 aliphatic rings. The molecule has 0 saturated heterocycles. The second-order valence-electron chi connectivity index (χ2n) is 5.02. The maximum atomic E-state index is 11.1. The molecule has 1 aromatic rings. The first kappa shape index (κ1) is 15.9. The third-order valence-corrected chi connectivity index (χ3v) is 3.22. The number of aromatic nitrogens is 1. The molecule has 1 aromatic heterocycles. The molecule has 0 aliphatic heterocycles. The Bertz CT molecular complexity index is 524. The SMILES string of the molecule is CC(C)C(N)CCN(C)c1nccc(C#N)c1[N+](=O)[O-]. The van der Waals surface area contributed by atoms with E-state index in [-0.39, 0.29) is 23.1 Å². The first-order valence-electron chi connectivity index (χ1n) is 6.38. The molecule has 1 unspecified atom stereocenters. The smallest absolute Gasteiger partial charge is 0.329 e. The number of rotatable bonds is 6. The van der Waals surface area contributed by atoms with E-state index in [2.05, 4.69) is 4.98 Å². The summed E-state index contributed by atoms with van der Waals surface area (Å²) < 4.78 is 0. The van der Waals surface area contributed by atoms with Crippen LogP contribution in [0.15, 0.2) is 12.3 Å². The van der Waals surface area contributed by atoms with Gasteiger partial charge in [0.05, 0.1) is 4.92 Å². The van der Waals surface area contributed by atoms with Gasteiger partial charge in [-0.3, -0.25) is 10.1 Å². The topological polar surface area (TPSA) is 109 Å². The molecule has 7 nitrogen and oxygen atoms in total. The minimum atomic E-state index is -0.570. The summed E-state index contributed by atoms with van der Waals surface area (Å²) in [6.07, 6.45) is 2.10. The first-order chi connectivity index (χ1) is 9.38. The van der Waals surface area contributed by atoms with E-state index >= 15 is 0 Å². The highest BCUT2D eigenvalue weighted by molar-refractivity contribution is 5.65. The molecule has 0 aromatic carbocycles. The van der Waals surface area contributed by atoms with Gasteiger partial charge >= 0.3 is 5.69 Å². The van der Waals surface area contributed by atoms with Crippen LogP contribution < -0.4 is 10.6 Å². The van der Waals surface area contributed by atoms with Gasteiger partial charge in [0.25, 0.3) is 0 Å². The fourth-order valence-corrected chi connectivity index (χ4v) is 1.77. The van der Waals surface area contributed by atoms with Crippen molar-refractivity contribution in [2.24, 2.45) is 11.7 Å². The van der Waals surface area contributed by atoms with Crippen molar-refractivity contribution in [3.63, 3.8) is 0 Å². The highest BCUT2D eigenvalue weighted by Crippen LogP contribution is 2.28. The number of nitrogens with two attached hydrogens (primary N) is 1. The van der Waals surface area contributed by atoms with Gasteiger partial charge in [-0.1, -0.05) is 13.8 Å². The van der Waals surface area contributed by atoms with Crippen molar-refractivity contribution < 1.29 is 4.92 Å². The lowest BCUT2D eigenvalue weighted by Gasteiger charge is -2.22. The number of nitriles is 1. The Morgan fingerprint density at radius 2 is 2.25 bits per heavy atom. The summed E-state index contributed by atoms with van der Waals surface area (Å²) >= 11 is 0. The Balaban J connectivity index is 2.96. The van der Waals surface area contributed by atoms with Crippen molar-refractivity contribution in [3.8, 4) is 6.07 Å². The molecule has 7 heteroatoms.